The molecule has 0 bridgehead atoms. The van der Waals surface area contributed by atoms with E-state index >= 15 is 0 Å². The number of nitrogens with two attached hydrogens (primary N) is 1. The average molecular weight is 310 g/mol. The molecule has 112 valence electrons. The van der Waals surface area contributed by atoms with E-state index in [1.165, 1.54) is 0 Å². The van der Waals surface area contributed by atoms with Gasteiger partial charge in [-0.1, -0.05) is 11.6 Å². The van der Waals surface area contributed by atoms with Gasteiger partial charge in [-0.3, -0.25) is 0 Å². The van der Waals surface area contributed by atoms with Crippen molar-refractivity contribution in [2.75, 3.05) is 11.9 Å². The molecule has 8 heteroatoms. The van der Waals surface area contributed by atoms with Crippen molar-refractivity contribution in [3.8, 4) is 0 Å². The first-order valence-corrected chi connectivity index (χ1v) is 6.57. The number of nitrogens with zero attached hydrogens (tertiary/aromatic N) is 1. The Labute approximate surface area is 119 Å². The van der Waals surface area contributed by atoms with E-state index in [0.717, 1.165) is 12.3 Å². The second-order valence-corrected chi connectivity index (χ2v) is 5.02. The van der Waals surface area contributed by atoms with Gasteiger partial charge in [-0.05, 0) is 19.4 Å². The third-order valence-electron chi connectivity index (χ3n) is 3.22. The molecular formula is C12H15ClF3N3O. The zero-order valence-corrected chi connectivity index (χ0v) is 11.5. The quantitative estimate of drug-likeness (QED) is 0.897. The lowest BCUT2D eigenvalue weighted by molar-refractivity contribution is -0.137. The molecule has 0 spiro atoms. The number of ether oxygens (including phenoxy) is 1. The number of nitrogens with one attached hydrogen (secondary N) is 1. The Morgan fingerprint density at radius 1 is 1.55 bits per heavy atom. The lowest BCUT2D eigenvalue weighted by Gasteiger charge is -2.42. The fourth-order valence-electron chi connectivity index (χ4n) is 2.08. The molecule has 1 fully saturated rings. The predicted molar refractivity (Wildman–Crippen MR) is 69.7 cm³/mol. The summed E-state index contributed by atoms with van der Waals surface area (Å²) in [5.41, 5.74) is 4.97. The summed E-state index contributed by atoms with van der Waals surface area (Å²) in [6.45, 7) is 2.41. The zero-order valence-electron chi connectivity index (χ0n) is 10.7. The fourth-order valence-corrected chi connectivity index (χ4v) is 2.31. The summed E-state index contributed by atoms with van der Waals surface area (Å²) in [5.74, 6) is 0.185. The standard InChI is InChI=1S/C12H15ClF3N3O/c1-2-20-9-4-8(17)10(9)19-11-7(13)3-6(5-18-11)12(14,15)16/h3,5,8-10H,2,4,17H2,1H3,(H,18,19). The normalized spacial score (nSPS) is 26.2. The van der Waals surface area contributed by atoms with E-state index in [0.29, 0.717) is 13.0 Å². The minimum absolute atomic E-state index is 0.0739. The maximum atomic E-state index is 12.5. The van der Waals surface area contributed by atoms with Gasteiger partial charge in [0.05, 0.1) is 22.7 Å². The molecule has 1 aliphatic rings. The number of rotatable bonds is 4. The van der Waals surface area contributed by atoms with Crippen molar-refractivity contribution in [2.24, 2.45) is 5.73 Å². The molecule has 1 heterocycles. The van der Waals surface area contributed by atoms with Crippen molar-refractivity contribution >= 4 is 17.4 Å². The first-order chi connectivity index (χ1) is 9.32. The molecule has 3 unspecified atom stereocenters. The van der Waals surface area contributed by atoms with Gasteiger partial charge in [0.2, 0.25) is 0 Å². The minimum Gasteiger partial charge on any atom is -0.376 e. The Morgan fingerprint density at radius 2 is 2.25 bits per heavy atom. The van der Waals surface area contributed by atoms with Gasteiger partial charge in [0.15, 0.2) is 0 Å². The van der Waals surface area contributed by atoms with E-state index in [9.17, 15) is 13.2 Å². The molecule has 0 amide bonds. The largest absolute Gasteiger partial charge is 0.417 e. The van der Waals surface area contributed by atoms with Crippen molar-refractivity contribution in [1.82, 2.24) is 4.98 Å². The molecule has 0 saturated heterocycles. The molecule has 0 radical (unpaired) electrons. The molecule has 1 aliphatic carbocycles. The second kappa shape index (κ2) is 5.75. The van der Waals surface area contributed by atoms with Crippen LogP contribution in [0.25, 0.3) is 0 Å². The van der Waals surface area contributed by atoms with E-state index in [-0.39, 0.29) is 29.0 Å². The highest BCUT2D eigenvalue weighted by molar-refractivity contribution is 6.33. The van der Waals surface area contributed by atoms with Crippen molar-refractivity contribution in [2.45, 2.75) is 37.7 Å². The van der Waals surface area contributed by atoms with Gasteiger partial charge in [0, 0.05) is 18.8 Å². The highest BCUT2D eigenvalue weighted by Crippen LogP contribution is 2.34. The Morgan fingerprint density at radius 3 is 2.75 bits per heavy atom. The number of hydrogen-bond acceptors (Lipinski definition) is 4. The van der Waals surface area contributed by atoms with Gasteiger partial charge in [0.25, 0.3) is 0 Å². The SMILES string of the molecule is CCOC1CC(N)C1Nc1ncc(C(F)(F)F)cc1Cl. The van der Waals surface area contributed by atoms with E-state index < -0.39 is 11.7 Å². The van der Waals surface area contributed by atoms with Gasteiger partial charge in [-0.2, -0.15) is 13.2 Å². The van der Waals surface area contributed by atoms with Crippen LogP contribution >= 0.6 is 11.6 Å². The molecule has 3 atom stereocenters. The monoisotopic (exact) mass is 309 g/mol. The molecule has 0 aliphatic heterocycles. The molecule has 1 aromatic heterocycles. The highest BCUT2D eigenvalue weighted by Gasteiger charge is 2.40. The van der Waals surface area contributed by atoms with Crippen LogP contribution in [0.2, 0.25) is 5.02 Å². The van der Waals surface area contributed by atoms with Crippen LogP contribution in [0, 0.1) is 0 Å². The fraction of sp³-hybridized carbons (Fsp3) is 0.583. The van der Waals surface area contributed by atoms with Gasteiger partial charge < -0.3 is 15.8 Å². The van der Waals surface area contributed by atoms with Crippen molar-refractivity contribution in [1.29, 1.82) is 0 Å². The molecule has 3 N–H and O–H groups in total. The molecular weight excluding hydrogens is 295 g/mol. The molecule has 2 rings (SSSR count). The zero-order chi connectivity index (χ0) is 14.9. The average Bonchev–Trinajstić information content (AvgIpc) is 2.35. The predicted octanol–water partition coefficient (Wildman–Crippen LogP) is 2.67. The maximum Gasteiger partial charge on any atom is 0.417 e. The smallest absolute Gasteiger partial charge is 0.376 e. The number of aromatic nitrogens is 1. The van der Waals surface area contributed by atoms with E-state index in [4.69, 9.17) is 22.1 Å². The summed E-state index contributed by atoms with van der Waals surface area (Å²) < 4.78 is 43.0. The highest BCUT2D eigenvalue weighted by atomic mass is 35.5. The first-order valence-electron chi connectivity index (χ1n) is 6.19. The maximum absolute atomic E-state index is 12.5. The number of pyridine rings is 1. The Kier molecular flexibility index (Phi) is 4.41. The van der Waals surface area contributed by atoms with Crippen LogP contribution in [0.5, 0.6) is 0 Å². The summed E-state index contributed by atoms with van der Waals surface area (Å²) in [6, 6.07) is 0.514. The van der Waals surface area contributed by atoms with Crippen LogP contribution in [-0.2, 0) is 10.9 Å². The number of halogens is 4. The second-order valence-electron chi connectivity index (χ2n) is 4.62. The molecule has 1 saturated carbocycles. The third kappa shape index (κ3) is 3.16. The Balaban J connectivity index is 2.10. The van der Waals surface area contributed by atoms with Gasteiger partial charge in [-0.15, -0.1) is 0 Å². The lowest BCUT2D eigenvalue weighted by atomic mass is 9.83. The lowest BCUT2D eigenvalue weighted by Crippen LogP contribution is -2.60. The van der Waals surface area contributed by atoms with Crippen LogP contribution in [0.3, 0.4) is 0 Å². The Hall–Kier alpha value is -1.05. The van der Waals surface area contributed by atoms with Gasteiger partial charge >= 0.3 is 6.18 Å². The summed E-state index contributed by atoms with van der Waals surface area (Å²) >= 11 is 5.83. The minimum atomic E-state index is -4.46. The number of alkyl halides is 3. The topological polar surface area (TPSA) is 60.2 Å². The van der Waals surface area contributed by atoms with Gasteiger partial charge in [0.1, 0.15) is 5.82 Å². The van der Waals surface area contributed by atoms with Crippen LogP contribution in [-0.4, -0.2) is 29.8 Å². The van der Waals surface area contributed by atoms with E-state index in [2.05, 4.69) is 10.3 Å². The third-order valence-corrected chi connectivity index (χ3v) is 3.51. The van der Waals surface area contributed by atoms with Crippen molar-refractivity contribution in [3.05, 3.63) is 22.8 Å². The summed E-state index contributed by atoms with van der Waals surface area (Å²) in [4.78, 5) is 3.72. The van der Waals surface area contributed by atoms with E-state index in [1.54, 1.807) is 0 Å². The molecule has 1 aromatic rings. The summed E-state index contributed by atoms with van der Waals surface area (Å²) in [7, 11) is 0. The van der Waals surface area contributed by atoms with Crippen LogP contribution in [0.1, 0.15) is 18.9 Å². The molecule has 4 nitrogen and oxygen atoms in total. The molecule has 0 aromatic carbocycles. The van der Waals surface area contributed by atoms with Crippen LogP contribution < -0.4 is 11.1 Å². The number of anilines is 1. The van der Waals surface area contributed by atoms with Crippen molar-refractivity contribution < 1.29 is 17.9 Å². The first kappa shape index (κ1) is 15.3. The van der Waals surface area contributed by atoms with Crippen LogP contribution in [0.4, 0.5) is 19.0 Å². The van der Waals surface area contributed by atoms with Crippen molar-refractivity contribution in [3.63, 3.8) is 0 Å². The summed E-state index contributed by atoms with van der Waals surface area (Å²) in [6.07, 6.45) is -3.09. The summed E-state index contributed by atoms with van der Waals surface area (Å²) in [5, 5.41) is 2.86. The Bertz CT molecular complexity index is 482. The van der Waals surface area contributed by atoms with E-state index in [1.807, 2.05) is 6.92 Å². The molecule has 20 heavy (non-hydrogen) atoms. The number of hydrogen-bond donors (Lipinski definition) is 2. The van der Waals surface area contributed by atoms with Gasteiger partial charge in [-0.25, -0.2) is 4.98 Å². The van der Waals surface area contributed by atoms with Crippen LogP contribution in [0.15, 0.2) is 12.3 Å².